The van der Waals surface area contributed by atoms with Crippen LogP contribution in [0.2, 0.25) is 0 Å². The van der Waals surface area contributed by atoms with Gasteiger partial charge in [-0.1, -0.05) is 20.8 Å². The SMILES string of the molecule is CC.CCN(CC(C)C1CN(C(=O)OC(C)(C)C)C1)c1nccc(Nc2cc(C3CC3)[nH]n2)n1. The average molecular weight is 472 g/mol. The number of carbonyl (C=O) groups excluding carboxylic acids is 1. The number of anilines is 3. The Hall–Kier alpha value is -2.84. The molecule has 0 spiro atoms. The summed E-state index contributed by atoms with van der Waals surface area (Å²) in [6.07, 6.45) is 4.03. The maximum Gasteiger partial charge on any atom is 0.410 e. The number of likely N-dealkylation sites (tertiary alicyclic amines) is 1. The highest BCUT2D eigenvalue weighted by Gasteiger charge is 2.37. The Labute approximate surface area is 203 Å². The van der Waals surface area contributed by atoms with Crippen molar-refractivity contribution in [1.82, 2.24) is 25.1 Å². The molecular weight excluding hydrogens is 430 g/mol. The normalized spacial score (nSPS) is 16.7. The van der Waals surface area contributed by atoms with Crippen LogP contribution in [0.4, 0.5) is 22.4 Å². The number of hydrogen-bond donors (Lipinski definition) is 2. The van der Waals surface area contributed by atoms with Gasteiger partial charge in [-0.2, -0.15) is 10.1 Å². The van der Waals surface area contributed by atoms with Gasteiger partial charge >= 0.3 is 6.09 Å². The van der Waals surface area contributed by atoms with E-state index in [4.69, 9.17) is 9.72 Å². The molecule has 188 valence electrons. The summed E-state index contributed by atoms with van der Waals surface area (Å²) in [6.45, 7) is 17.1. The number of carbonyl (C=O) groups is 1. The van der Waals surface area contributed by atoms with Crippen molar-refractivity contribution in [2.24, 2.45) is 11.8 Å². The Morgan fingerprint density at radius 1 is 1.29 bits per heavy atom. The number of rotatable bonds is 8. The van der Waals surface area contributed by atoms with Crippen molar-refractivity contribution in [2.45, 2.75) is 72.8 Å². The van der Waals surface area contributed by atoms with E-state index in [-0.39, 0.29) is 6.09 Å². The van der Waals surface area contributed by atoms with E-state index in [0.717, 1.165) is 37.8 Å². The third kappa shape index (κ3) is 6.84. The van der Waals surface area contributed by atoms with Crippen LogP contribution < -0.4 is 10.2 Å². The minimum Gasteiger partial charge on any atom is -0.444 e. The summed E-state index contributed by atoms with van der Waals surface area (Å²) >= 11 is 0. The molecule has 1 atom stereocenters. The second-order valence-corrected chi connectivity index (χ2v) is 10.0. The highest BCUT2D eigenvalue weighted by atomic mass is 16.6. The lowest BCUT2D eigenvalue weighted by Crippen LogP contribution is -2.55. The van der Waals surface area contributed by atoms with Gasteiger partial charge in [-0.3, -0.25) is 5.10 Å². The first-order chi connectivity index (χ1) is 16.2. The van der Waals surface area contributed by atoms with E-state index in [0.29, 0.717) is 23.7 Å². The molecule has 1 unspecified atom stereocenters. The van der Waals surface area contributed by atoms with Crippen LogP contribution in [0.15, 0.2) is 18.3 Å². The molecule has 9 heteroatoms. The van der Waals surface area contributed by atoms with E-state index in [9.17, 15) is 4.79 Å². The molecule has 34 heavy (non-hydrogen) atoms. The summed E-state index contributed by atoms with van der Waals surface area (Å²) < 4.78 is 5.46. The molecule has 1 saturated carbocycles. The van der Waals surface area contributed by atoms with Gasteiger partial charge < -0.3 is 19.9 Å². The maximum atomic E-state index is 12.2. The summed E-state index contributed by atoms with van der Waals surface area (Å²) in [6, 6.07) is 3.92. The van der Waals surface area contributed by atoms with E-state index in [1.165, 1.54) is 18.5 Å². The molecule has 2 aromatic rings. The zero-order valence-corrected chi connectivity index (χ0v) is 21.8. The van der Waals surface area contributed by atoms with Crippen molar-refractivity contribution in [3.05, 3.63) is 24.0 Å². The number of nitrogens with one attached hydrogen (secondary N) is 2. The molecule has 3 heterocycles. The van der Waals surface area contributed by atoms with Crippen LogP contribution in [-0.4, -0.2) is 62.9 Å². The lowest BCUT2D eigenvalue weighted by atomic mass is 9.87. The van der Waals surface area contributed by atoms with Crippen LogP contribution in [0.25, 0.3) is 0 Å². The molecular formula is C25H41N7O2. The first-order valence-electron chi connectivity index (χ1n) is 12.6. The van der Waals surface area contributed by atoms with Crippen molar-refractivity contribution in [1.29, 1.82) is 0 Å². The third-order valence-corrected chi connectivity index (χ3v) is 6.05. The van der Waals surface area contributed by atoms with Gasteiger partial charge in [0.15, 0.2) is 5.82 Å². The summed E-state index contributed by atoms with van der Waals surface area (Å²) in [5, 5.41) is 10.7. The van der Waals surface area contributed by atoms with Crippen molar-refractivity contribution in [2.75, 3.05) is 36.4 Å². The van der Waals surface area contributed by atoms with Gasteiger partial charge in [0, 0.05) is 50.1 Å². The predicted octanol–water partition coefficient (Wildman–Crippen LogP) is 5.18. The minimum atomic E-state index is -0.460. The molecule has 2 aromatic heterocycles. The van der Waals surface area contributed by atoms with Gasteiger partial charge in [-0.25, -0.2) is 9.78 Å². The van der Waals surface area contributed by atoms with Gasteiger partial charge in [0.1, 0.15) is 11.4 Å². The first kappa shape index (κ1) is 25.8. The van der Waals surface area contributed by atoms with Crippen LogP contribution >= 0.6 is 0 Å². The number of ether oxygens (including phenoxy) is 1. The summed E-state index contributed by atoms with van der Waals surface area (Å²) in [7, 11) is 0. The van der Waals surface area contributed by atoms with Gasteiger partial charge in [0.2, 0.25) is 5.95 Å². The highest BCUT2D eigenvalue weighted by Crippen LogP contribution is 2.39. The summed E-state index contributed by atoms with van der Waals surface area (Å²) in [4.78, 5) is 25.4. The topological polar surface area (TPSA) is 99.3 Å². The summed E-state index contributed by atoms with van der Waals surface area (Å²) in [5.41, 5.74) is 0.727. The lowest BCUT2D eigenvalue weighted by molar-refractivity contribution is -0.00879. The smallest absolute Gasteiger partial charge is 0.410 e. The Morgan fingerprint density at radius 2 is 2.00 bits per heavy atom. The van der Waals surface area contributed by atoms with E-state index in [1.54, 1.807) is 11.1 Å². The van der Waals surface area contributed by atoms with Gasteiger partial charge in [0.05, 0.1) is 0 Å². The lowest BCUT2D eigenvalue weighted by Gasteiger charge is -2.43. The first-order valence-corrected chi connectivity index (χ1v) is 12.6. The number of aromatic amines is 1. The molecule has 0 aromatic carbocycles. The Bertz CT molecular complexity index is 929. The van der Waals surface area contributed by atoms with Crippen molar-refractivity contribution >= 4 is 23.7 Å². The fourth-order valence-electron chi connectivity index (χ4n) is 3.90. The Morgan fingerprint density at radius 3 is 2.62 bits per heavy atom. The molecule has 1 amide bonds. The van der Waals surface area contributed by atoms with Crippen LogP contribution in [0, 0.1) is 11.8 Å². The number of nitrogens with zero attached hydrogens (tertiary/aromatic N) is 5. The fraction of sp³-hybridized carbons (Fsp3) is 0.680. The van der Waals surface area contributed by atoms with Gasteiger partial charge in [-0.05, 0) is 58.4 Å². The molecule has 9 nitrogen and oxygen atoms in total. The maximum absolute atomic E-state index is 12.2. The minimum absolute atomic E-state index is 0.224. The van der Waals surface area contributed by atoms with Gasteiger partial charge in [-0.15, -0.1) is 0 Å². The van der Waals surface area contributed by atoms with Crippen LogP contribution in [0.3, 0.4) is 0 Å². The van der Waals surface area contributed by atoms with Crippen molar-refractivity contribution < 1.29 is 9.53 Å². The standard InChI is InChI=1S/C23H35N7O2.C2H6/c1-6-29(12-15(2)17-13-30(14-17)22(31)32-23(3,4)5)21-24-10-9-19(26-21)25-20-11-18(27-28-20)16-7-8-16;1-2/h9-11,15-17H,6-8,12-14H2,1-5H3,(H2,24,25,26,27,28);1-2H3. The fourth-order valence-corrected chi connectivity index (χ4v) is 3.90. The number of H-pyrrole nitrogens is 1. The van der Waals surface area contributed by atoms with Crippen LogP contribution in [0.5, 0.6) is 0 Å². The second kappa shape index (κ2) is 11.1. The molecule has 1 aliphatic heterocycles. The second-order valence-electron chi connectivity index (χ2n) is 10.0. The molecule has 1 aliphatic carbocycles. The predicted molar refractivity (Wildman–Crippen MR) is 136 cm³/mol. The van der Waals surface area contributed by atoms with Crippen molar-refractivity contribution in [3.8, 4) is 0 Å². The Kier molecular flexibility index (Phi) is 8.38. The number of hydrogen-bond acceptors (Lipinski definition) is 7. The summed E-state index contributed by atoms with van der Waals surface area (Å²) in [5.74, 6) is 3.70. The quantitative estimate of drug-likeness (QED) is 0.547. The van der Waals surface area contributed by atoms with E-state index in [1.807, 2.05) is 40.7 Å². The third-order valence-electron chi connectivity index (χ3n) is 6.05. The molecule has 2 N–H and O–H groups in total. The highest BCUT2D eigenvalue weighted by molar-refractivity contribution is 5.69. The largest absolute Gasteiger partial charge is 0.444 e. The van der Waals surface area contributed by atoms with Crippen LogP contribution in [-0.2, 0) is 4.74 Å². The van der Waals surface area contributed by atoms with Crippen molar-refractivity contribution in [3.63, 3.8) is 0 Å². The molecule has 1 saturated heterocycles. The molecule has 0 bridgehead atoms. The number of aromatic nitrogens is 4. The van der Waals surface area contributed by atoms with E-state index >= 15 is 0 Å². The Balaban J connectivity index is 0.00000158. The zero-order chi connectivity index (χ0) is 24.9. The van der Waals surface area contributed by atoms with Crippen LogP contribution in [0.1, 0.15) is 72.9 Å². The molecule has 2 fully saturated rings. The number of amides is 1. The molecule has 4 rings (SSSR count). The molecule has 2 aliphatic rings. The molecule has 0 radical (unpaired) electrons. The monoisotopic (exact) mass is 471 g/mol. The van der Waals surface area contributed by atoms with Gasteiger partial charge in [0.25, 0.3) is 0 Å². The zero-order valence-electron chi connectivity index (χ0n) is 21.8. The van der Waals surface area contributed by atoms with E-state index in [2.05, 4.69) is 45.3 Å². The van der Waals surface area contributed by atoms with E-state index < -0.39 is 5.60 Å². The average Bonchev–Trinajstić information content (AvgIpc) is 3.50.